The molecule has 132 valence electrons. The summed E-state index contributed by atoms with van der Waals surface area (Å²) >= 11 is 0. The number of esters is 3. The van der Waals surface area contributed by atoms with Crippen LogP contribution in [0.3, 0.4) is 0 Å². The van der Waals surface area contributed by atoms with Gasteiger partial charge in [-0.05, 0) is 20.8 Å². The highest BCUT2D eigenvalue weighted by Crippen LogP contribution is 2.07. The van der Waals surface area contributed by atoms with Gasteiger partial charge >= 0.3 is 17.9 Å². The number of hydrogen-bond acceptors (Lipinski definition) is 7. The van der Waals surface area contributed by atoms with Crippen molar-refractivity contribution in [2.24, 2.45) is 0 Å². The van der Waals surface area contributed by atoms with Crippen LogP contribution in [0.25, 0.3) is 0 Å². The number of carbonyl (C=O) groups excluding carboxylic acids is 4. The number of nitrogens with zero attached hydrogens (tertiary/aromatic N) is 1. The van der Waals surface area contributed by atoms with E-state index in [1.165, 1.54) is 32.6 Å². The first-order chi connectivity index (χ1) is 10.5. The second-order valence-electron chi connectivity index (χ2n) is 5.33. The fourth-order valence-corrected chi connectivity index (χ4v) is 2.07. The van der Waals surface area contributed by atoms with Crippen molar-refractivity contribution >= 4 is 23.8 Å². The Hall–Kier alpha value is -2.12. The van der Waals surface area contributed by atoms with Gasteiger partial charge in [-0.2, -0.15) is 0 Å². The van der Waals surface area contributed by atoms with Crippen LogP contribution in [0.4, 0.5) is 0 Å². The Morgan fingerprint density at radius 1 is 0.739 bits per heavy atom. The van der Waals surface area contributed by atoms with Crippen molar-refractivity contribution in [1.29, 1.82) is 0 Å². The molecule has 0 bridgehead atoms. The van der Waals surface area contributed by atoms with Crippen LogP contribution in [-0.4, -0.2) is 60.1 Å². The van der Waals surface area contributed by atoms with Gasteiger partial charge in [0, 0.05) is 20.8 Å². The van der Waals surface area contributed by atoms with Gasteiger partial charge in [0.25, 0.3) is 5.91 Å². The monoisotopic (exact) mass is 331 g/mol. The summed E-state index contributed by atoms with van der Waals surface area (Å²) in [6, 6.07) is 0. The smallest absolute Gasteiger partial charge is 0.303 e. The van der Waals surface area contributed by atoms with Gasteiger partial charge in [0.15, 0.2) is 6.10 Å². The minimum Gasteiger partial charge on any atom is -0.461 e. The predicted octanol–water partition coefficient (Wildman–Crippen LogP) is 0.670. The molecule has 23 heavy (non-hydrogen) atoms. The van der Waals surface area contributed by atoms with Crippen LogP contribution in [0.2, 0.25) is 0 Å². The van der Waals surface area contributed by atoms with E-state index >= 15 is 0 Å². The number of rotatable bonds is 8. The van der Waals surface area contributed by atoms with E-state index in [4.69, 9.17) is 14.2 Å². The average molecular weight is 331 g/mol. The molecule has 0 aliphatic carbocycles. The van der Waals surface area contributed by atoms with Crippen LogP contribution in [0.5, 0.6) is 0 Å². The van der Waals surface area contributed by atoms with Crippen LogP contribution in [0, 0.1) is 0 Å². The van der Waals surface area contributed by atoms with Crippen LogP contribution in [0.15, 0.2) is 0 Å². The fraction of sp³-hybridized carbons (Fsp3) is 0.733. The molecule has 0 saturated heterocycles. The predicted molar refractivity (Wildman–Crippen MR) is 80.3 cm³/mol. The van der Waals surface area contributed by atoms with Gasteiger partial charge in [-0.1, -0.05) is 0 Å². The molecule has 0 unspecified atom stereocenters. The van der Waals surface area contributed by atoms with Crippen molar-refractivity contribution in [2.75, 3.05) is 13.1 Å². The summed E-state index contributed by atoms with van der Waals surface area (Å²) in [5.74, 6) is -1.97. The molecule has 0 aliphatic heterocycles. The van der Waals surface area contributed by atoms with Crippen molar-refractivity contribution in [3.63, 3.8) is 0 Å². The molecule has 0 spiro atoms. The van der Waals surface area contributed by atoms with Gasteiger partial charge in [0.05, 0.1) is 13.1 Å². The summed E-state index contributed by atoms with van der Waals surface area (Å²) in [7, 11) is 0. The lowest BCUT2D eigenvalue weighted by Crippen LogP contribution is -2.47. The van der Waals surface area contributed by atoms with Gasteiger partial charge < -0.3 is 19.1 Å². The lowest BCUT2D eigenvalue weighted by atomic mass is 10.2. The molecule has 0 fully saturated rings. The lowest BCUT2D eigenvalue weighted by Gasteiger charge is -2.29. The molecule has 0 aliphatic rings. The summed E-state index contributed by atoms with van der Waals surface area (Å²) < 4.78 is 14.9. The van der Waals surface area contributed by atoms with Crippen LogP contribution in [0.1, 0.15) is 41.5 Å². The van der Waals surface area contributed by atoms with Gasteiger partial charge in [0.1, 0.15) is 12.2 Å². The number of hydrogen-bond donors (Lipinski definition) is 0. The molecule has 1 amide bonds. The molecule has 0 aromatic carbocycles. The minimum atomic E-state index is -0.985. The average Bonchev–Trinajstić information content (AvgIpc) is 2.33. The Morgan fingerprint density at radius 2 is 1.09 bits per heavy atom. The van der Waals surface area contributed by atoms with E-state index in [-0.39, 0.29) is 13.1 Å². The van der Waals surface area contributed by atoms with Gasteiger partial charge in [-0.3, -0.25) is 19.2 Å². The normalized spacial score (nSPS) is 14.2. The largest absolute Gasteiger partial charge is 0.461 e. The third-order valence-electron chi connectivity index (χ3n) is 2.69. The summed E-state index contributed by atoms with van der Waals surface area (Å²) in [6.45, 7) is 8.65. The molecule has 0 aromatic rings. The summed E-state index contributed by atoms with van der Waals surface area (Å²) in [6.07, 6.45) is -2.09. The highest BCUT2D eigenvalue weighted by molar-refractivity contribution is 5.83. The lowest BCUT2D eigenvalue weighted by molar-refractivity contribution is -0.161. The van der Waals surface area contributed by atoms with E-state index in [1.807, 2.05) is 0 Å². The van der Waals surface area contributed by atoms with Crippen molar-refractivity contribution < 1.29 is 33.4 Å². The third-order valence-corrected chi connectivity index (χ3v) is 2.69. The SMILES string of the molecule is CC(=O)O[C@H](C)CN(C[C@H](C)OC(C)=O)C(=O)[C@@H](C)OC(C)=O. The van der Waals surface area contributed by atoms with Crippen LogP contribution < -0.4 is 0 Å². The van der Waals surface area contributed by atoms with E-state index in [1.54, 1.807) is 13.8 Å². The second kappa shape index (κ2) is 9.81. The maximum absolute atomic E-state index is 12.4. The van der Waals surface area contributed by atoms with E-state index in [0.29, 0.717) is 0 Å². The number of ether oxygens (including phenoxy) is 3. The molecule has 0 aromatic heterocycles. The molecular weight excluding hydrogens is 306 g/mol. The van der Waals surface area contributed by atoms with E-state index in [2.05, 4.69) is 0 Å². The maximum Gasteiger partial charge on any atom is 0.303 e. The van der Waals surface area contributed by atoms with E-state index < -0.39 is 42.1 Å². The fourth-order valence-electron chi connectivity index (χ4n) is 2.07. The highest BCUT2D eigenvalue weighted by Gasteiger charge is 2.27. The first-order valence-electron chi connectivity index (χ1n) is 7.33. The summed E-state index contributed by atoms with van der Waals surface area (Å²) in [5, 5.41) is 0. The molecule has 0 rings (SSSR count). The molecule has 8 heteroatoms. The quantitative estimate of drug-likeness (QED) is 0.476. The molecule has 0 saturated carbocycles. The van der Waals surface area contributed by atoms with Gasteiger partial charge in [-0.15, -0.1) is 0 Å². The van der Waals surface area contributed by atoms with Gasteiger partial charge in [0.2, 0.25) is 0 Å². The Bertz CT molecular complexity index is 425. The van der Waals surface area contributed by atoms with E-state index in [9.17, 15) is 19.2 Å². The zero-order valence-electron chi connectivity index (χ0n) is 14.5. The molecule has 0 N–H and O–H groups in total. The first kappa shape index (κ1) is 20.9. The Labute approximate surface area is 136 Å². The Morgan fingerprint density at radius 3 is 1.39 bits per heavy atom. The van der Waals surface area contributed by atoms with Crippen molar-refractivity contribution in [3.05, 3.63) is 0 Å². The zero-order valence-corrected chi connectivity index (χ0v) is 14.5. The van der Waals surface area contributed by atoms with Crippen molar-refractivity contribution in [3.8, 4) is 0 Å². The molecule has 3 atom stereocenters. The standard InChI is InChI=1S/C15H25NO7/c1-9(21-12(4)17)7-16(8-10(2)22-13(5)18)15(20)11(3)23-14(6)19/h9-11H,7-8H2,1-6H3/t9-,10+,11-/m1/s1. The third kappa shape index (κ3) is 9.49. The highest BCUT2D eigenvalue weighted by atomic mass is 16.6. The van der Waals surface area contributed by atoms with Gasteiger partial charge in [-0.25, -0.2) is 0 Å². The molecule has 8 nitrogen and oxygen atoms in total. The summed E-state index contributed by atoms with van der Waals surface area (Å²) in [4.78, 5) is 46.7. The topological polar surface area (TPSA) is 99.2 Å². The van der Waals surface area contributed by atoms with Crippen molar-refractivity contribution in [1.82, 2.24) is 4.90 Å². The first-order valence-corrected chi connectivity index (χ1v) is 7.33. The molecular formula is C15H25NO7. The molecule has 0 radical (unpaired) electrons. The summed E-state index contributed by atoms with van der Waals surface area (Å²) in [5.41, 5.74) is 0. The Kier molecular flexibility index (Phi) is 8.90. The van der Waals surface area contributed by atoms with Crippen LogP contribution >= 0.6 is 0 Å². The van der Waals surface area contributed by atoms with Crippen LogP contribution in [-0.2, 0) is 33.4 Å². The zero-order chi connectivity index (χ0) is 18.2. The minimum absolute atomic E-state index is 0.0929. The van der Waals surface area contributed by atoms with Crippen molar-refractivity contribution in [2.45, 2.75) is 59.9 Å². The second-order valence-corrected chi connectivity index (χ2v) is 5.33. The number of carbonyl (C=O) groups is 4. The Balaban J connectivity index is 4.96. The van der Waals surface area contributed by atoms with E-state index in [0.717, 1.165) is 0 Å². The number of amides is 1. The molecule has 0 heterocycles. The maximum atomic E-state index is 12.4.